The molecule has 0 fully saturated rings. The number of nitrogens with zero attached hydrogens (tertiary/aromatic N) is 1. The van der Waals surface area contributed by atoms with E-state index < -0.39 is 5.91 Å². The number of amides is 2. The van der Waals surface area contributed by atoms with E-state index in [0.717, 1.165) is 0 Å². The van der Waals surface area contributed by atoms with E-state index in [-0.39, 0.29) is 12.5 Å². The van der Waals surface area contributed by atoms with Gasteiger partial charge in [0.2, 0.25) is 0 Å². The number of rotatable bonds is 12. The Bertz CT molecular complexity index is 1250. The normalized spacial score (nSPS) is 10.6. The van der Waals surface area contributed by atoms with Crippen molar-refractivity contribution >= 4 is 46.3 Å². The summed E-state index contributed by atoms with van der Waals surface area (Å²) in [6.45, 7) is 4.49. The van der Waals surface area contributed by atoms with Crippen LogP contribution in [0.5, 0.6) is 23.0 Å². The van der Waals surface area contributed by atoms with E-state index in [0.29, 0.717) is 56.6 Å². The van der Waals surface area contributed by atoms with Crippen LogP contribution in [-0.4, -0.2) is 45.0 Å². The molecule has 3 rings (SSSR count). The molecule has 2 N–H and O–H groups in total. The fourth-order valence-corrected chi connectivity index (χ4v) is 4.01. The second kappa shape index (κ2) is 14.1. The van der Waals surface area contributed by atoms with Crippen molar-refractivity contribution < 1.29 is 28.5 Å². The third-order valence-corrected chi connectivity index (χ3v) is 5.64. The molecule has 2 amide bonds. The molecule has 0 unspecified atom stereocenters. The van der Waals surface area contributed by atoms with E-state index in [2.05, 4.69) is 38.4 Å². The molecule has 3 aromatic carbocycles. The maximum absolute atomic E-state index is 12.6. The summed E-state index contributed by atoms with van der Waals surface area (Å²) < 4.78 is 23.0. The van der Waals surface area contributed by atoms with Gasteiger partial charge in [-0.05, 0) is 84.5 Å². The number of ether oxygens (including phenoxy) is 4. The zero-order valence-electron chi connectivity index (χ0n) is 20.7. The van der Waals surface area contributed by atoms with Gasteiger partial charge in [-0.3, -0.25) is 9.59 Å². The molecule has 10 heteroatoms. The van der Waals surface area contributed by atoms with E-state index >= 15 is 0 Å². The Hall–Kier alpha value is -3.80. The van der Waals surface area contributed by atoms with Crippen molar-refractivity contribution in [1.29, 1.82) is 0 Å². The largest absolute Gasteiger partial charge is 0.493 e. The Morgan fingerprint density at radius 2 is 1.65 bits per heavy atom. The molecule has 0 aliphatic rings. The summed E-state index contributed by atoms with van der Waals surface area (Å²) in [5.74, 6) is 1.25. The third kappa shape index (κ3) is 8.10. The maximum Gasteiger partial charge on any atom is 0.271 e. The van der Waals surface area contributed by atoms with Gasteiger partial charge in [0.05, 0.1) is 30.1 Å². The van der Waals surface area contributed by atoms with Crippen LogP contribution in [0.2, 0.25) is 0 Å². The van der Waals surface area contributed by atoms with Crippen LogP contribution in [-0.2, 0) is 4.79 Å². The number of carbonyl (C=O) groups is 2. The number of para-hydroxylation sites is 1. The highest BCUT2D eigenvalue weighted by Crippen LogP contribution is 2.33. The number of hydrogen-bond donors (Lipinski definition) is 2. The van der Waals surface area contributed by atoms with Crippen molar-refractivity contribution in [1.82, 2.24) is 5.43 Å². The van der Waals surface area contributed by atoms with Crippen LogP contribution >= 0.6 is 22.6 Å². The standard InChI is InChI=1S/C27H28IN3O6/c1-4-35-22-12-11-19(15-23(22)36-5-2)27(33)31-29-16-18-13-21(28)26(24(14-18)34-3)37-17-25(32)30-20-9-7-6-8-10-20/h6-16H,4-5,17H2,1-3H3,(H,30,32)(H,31,33)/b29-16+. The smallest absolute Gasteiger partial charge is 0.271 e. The van der Waals surface area contributed by atoms with Gasteiger partial charge in [-0.2, -0.15) is 5.10 Å². The summed E-state index contributed by atoms with van der Waals surface area (Å²) in [4.78, 5) is 24.8. The lowest BCUT2D eigenvalue weighted by atomic mass is 10.2. The number of hydrogen-bond acceptors (Lipinski definition) is 7. The molecule has 0 atom stereocenters. The molecule has 0 aliphatic carbocycles. The van der Waals surface area contributed by atoms with E-state index in [4.69, 9.17) is 18.9 Å². The highest BCUT2D eigenvalue weighted by atomic mass is 127. The number of carbonyl (C=O) groups excluding carboxylic acids is 2. The average Bonchev–Trinajstić information content (AvgIpc) is 2.89. The number of nitrogens with one attached hydrogen (secondary N) is 2. The van der Waals surface area contributed by atoms with Crippen LogP contribution in [0.3, 0.4) is 0 Å². The zero-order valence-corrected chi connectivity index (χ0v) is 22.9. The van der Waals surface area contributed by atoms with E-state index in [1.165, 1.54) is 13.3 Å². The number of methoxy groups -OCH3 is 1. The van der Waals surface area contributed by atoms with Crippen molar-refractivity contribution in [3.63, 3.8) is 0 Å². The SMILES string of the molecule is CCOc1ccc(C(=O)N/N=C/c2cc(I)c(OCC(=O)Nc3ccccc3)c(OC)c2)cc1OCC. The fraction of sp³-hybridized carbons (Fsp3) is 0.222. The number of benzene rings is 3. The van der Waals surface area contributed by atoms with Crippen LogP contribution < -0.4 is 29.7 Å². The van der Waals surface area contributed by atoms with Crippen molar-refractivity contribution in [3.05, 3.63) is 75.4 Å². The molecule has 0 saturated heterocycles. The minimum Gasteiger partial charge on any atom is -0.493 e. The summed E-state index contributed by atoms with van der Waals surface area (Å²) in [6.07, 6.45) is 1.49. The molecular formula is C27H28IN3O6. The molecule has 3 aromatic rings. The Kier molecular flexibility index (Phi) is 10.6. The number of halogens is 1. The summed E-state index contributed by atoms with van der Waals surface area (Å²) in [5, 5.41) is 6.83. The molecule has 0 aliphatic heterocycles. The molecule has 0 heterocycles. The molecule has 194 valence electrons. The van der Waals surface area contributed by atoms with Gasteiger partial charge in [0, 0.05) is 11.3 Å². The number of hydrazone groups is 1. The molecule has 9 nitrogen and oxygen atoms in total. The lowest BCUT2D eigenvalue weighted by Crippen LogP contribution is -2.20. The highest BCUT2D eigenvalue weighted by molar-refractivity contribution is 14.1. The Labute approximate surface area is 229 Å². The van der Waals surface area contributed by atoms with Crippen LogP contribution in [0.15, 0.2) is 65.8 Å². The Balaban J connectivity index is 1.64. The summed E-state index contributed by atoms with van der Waals surface area (Å²) in [6, 6.07) is 17.6. The summed E-state index contributed by atoms with van der Waals surface area (Å²) >= 11 is 2.09. The second-order valence-electron chi connectivity index (χ2n) is 7.46. The zero-order chi connectivity index (χ0) is 26.6. The van der Waals surface area contributed by atoms with Gasteiger partial charge in [0.25, 0.3) is 11.8 Å². The first-order valence-corrected chi connectivity index (χ1v) is 12.6. The molecule has 0 radical (unpaired) electrons. The van der Waals surface area contributed by atoms with Crippen molar-refractivity contribution in [2.45, 2.75) is 13.8 Å². The Morgan fingerprint density at radius 1 is 0.919 bits per heavy atom. The first kappa shape index (κ1) is 27.8. The maximum atomic E-state index is 12.6. The molecule has 0 bridgehead atoms. The molecule has 0 saturated carbocycles. The predicted molar refractivity (Wildman–Crippen MR) is 150 cm³/mol. The Morgan fingerprint density at radius 3 is 2.35 bits per heavy atom. The number of anilines is 1. The van der Waals surface area contributed by atoms with E-state index in [1.807, 2.05) is 32.0 Å². The van der Waals surface area contributed by atoms with Gasteiger partial charge in [-0.1, -0.05) is 18.2 Å². The van der Waals surface area contributed by atoms with Crippen molar-refractivity contribution in [2.75, 3.05) is 32.2 Å². The highest BCUT2D eigenvalue weighted by Gasteiger charge is 2.14. The van der Waals surface area contributed by atoms with Crippen molar-refractivity contribution in [3.8, 4) is 23.0 Å². The van der Waals surface area contributed by atoms with Crippen molar-refractivity contribution in [2.24, 2.45) is 5.10 Å². The van der Waals surface area contributed by atoms with Gasteiger partial charge < -0.3 is 24.3 Å². The minimum atomic E-state index is -0.397. The topological polar surface area (TPSA) is 107 Å². The monoisotopic (exact) mass is 617 g/mol. The summed E-state index contributed by atoms with van der Waals surface area (Å²) in [7, 11) is 1.51. The molecule has 0 spiro atoms. The van der Waals surface area contributed by atoms with Gasteiger partial charge in [-0.15, -0.1) is 0 Å². The average molecular weight is 617 g/mol. The van der Waals surface area contributed by atoms with Crippen LogP contribution in [0.25, 0.3) is 0 Å². The lowest BCUT2D eigenvalue weighted by Gasteiger charge is -2.13. The van der Waals surface area contributed by atoms with Crippen LogP contribution in [0, 0.1) is 3.57 Å². The third-order valence-electron chi connectivity index (χ3n) is 4.84. The van der Waals surface area contributed by atoms with E-state index in [9.17, 15) is 9.59 Å². The van der Waals surface area contributed by atoms with Crippen LogP contribution in [0.4, 0.5) is 5.69 Å². The lowest BCUT2D eigenvalue weighted by molar-refractivity contribution is -0.118. The minimum absolute atomic E-state index is 0.184. The van der Waals surface area contributed by atoms with Crippen LogP contribution in [0.1, 0.15) is 29.8 Å². The molecular weight excluding hydrogens is 589 g/mol. The van der Waals surface area contributed by atoms with Gasteiger partial charge >= 0.3 is 0 Å². The first-order chi connectivity index (χ1) is 17.9. The molecule has 37 heavy (non-hydrogen) atoms. The van der Waals surface area contributed by atoms with Gasteiger partial charge in [0.1, 0.15) is 0 Å². The quantitative estimate of drug-likeness (QED) is 0.171. The predicted octanol–water partition coefficient (Wildman–Crippen LogP) is 4.88. The summed E-state index contributed by atoms with van der Waals surface area (Å²) in [5.41, 5.74) is 4.25. The van der Waals surface area contributed by atoms with Gasteiger partial charge in [-0.25, -0.2) is 5.43 Å². The second-order valence-corrected chi connectivity index (χ2v) is 8.63. The fourth-order valence-electron chi connectivity index (χ4n) is 3.23. The molecule has 0 aromatic heterocycles. The van der Waals surface area contributed by atoms with Gasteiger partial charge in [0.15, 0.2) is 29.6 Å². The first-order valence-electron chi connectivity index (χ1n) is 11.5. The van der Waals surface area contributed by atoms with E-state index in [1.54, 1.807) is 42.5 Å².